The zero-order valence-corrected chi connectivity index (χ0v) is 14.4. The number of ether oxygens (including phenoxy) is 3. The Morgan fingerprint density at radius 2 is 1.62 bits per heavy atom. The van der Waals surface area contributed by atoms with E-state index in [1.165, 1.54) is 19.3 Å². The van der Waals surface area contributed by atoms with Crippen LogP contribution in [0.1, 0.15) is 52.4 Å². The molecule has 0 spiro atoms. The van der Waals surface area contributed by atoms with E-state index in [9.17, 15) is 9.59 Å². The number of rotatable bonds is 2. The van der Waals surface area contributed by atoms with Crippen LogP contribution in [0.4, 0.5) is 0 Å². The Morgan fingerprint density at radius 1 is 1.04 bits per heavy atom. The number of hydrogen-bond acceptors (Lipinski definition) is 5. The molecule has 0 aromatic carbocycles. The minimum atomic E-state index is -0.448. The van der Waals surface area contributed by atoms with Crippen molar-refractivity contribution in [2.75, 3.05) is 0 Å². The molecular formula is C19H26O5. The van der Waals surface area contributed by atoms with E-state index >= 15 is 0 Å². The molecule has 0 radical (unpaired) electrons. The van der Waals surface area contributed by atoms with Gasteiger partial charge in [-0.3, -0.25) is 9.59 Å². The summed E-state index contributed by atoms with van der Waals surface area (Å²) in [5, 5.41) is 0. The highest BCUT2D eigenvalue weighted by Crippen LogP contribution is 2.60. The molecule has 6 bridgehead atoms. The lowest BCUT2D eigenvalue weighted by Crippen LogP contribution is -2.54. The summed E-state index contributed by atoms with van der Waals surface area (Å²) in [4.78, 5) is 25.1. The standard InChI is InChI=1S/C19H26O5/c1-9-14-16(15(10(2)22-14)23-17(9)20)24-18(21)19-6-11-3-12(7-19)5-13(4-11)8-19/h9-16H,3-8H2,1-2H3. The predicted molar refractivity (Wildman–Crippen MR) is 83.9 cm³/mol. The molecule has 0 N–H and O–H groups in total. The fourth-order valence-electron chi connectivity index (χ4n) is 6.54. The van der Waals surface area contributed by atoms with E-state index < -0.39 is 12.2 Å². The van der Waals surface area contributed by atoms with Crippen molar-refractivity contribution in [2.24, 2.45) is 29.1 Å². The maximum Gasteiger partial charge on any atom is 0.312 e. The third-order valence-electron chi connectivity index (χ3n) is 7.31. The van der Waals surface area contributed by atoms with E-state index in [0.29, 0.717) is 17.8 Å². The Kier molecular flexibility index (Phi) is 3.14. The van der Waals surface area contributed by atoms with E-state index in [1.807, 2.05) is 6.92 Å². The topological polar surface area (TPSA) is 61.8 Å². The van der Waals surface area contributed by atoms with E-state index in [1.54, 1.807) is 6.92 Å². The Morgan fingerprint density at radius 3 is 2.21 bits per heavy atom. The van der Waals surface area contributed by atoms with Gasteiger partial charge in [0.25, 0.3) is 0 Å². The van der Waals surface area contributed by atoms with Gasteiger partial charge in [-0.15, -0.1) is 0 Å². The van der Waals surface area contributed by atoms with Crippen molar-refractivity contribution in [1.29, 1.82) is 0 Å². The summed E-state index contributed by atoms with van der Waals surface area (Å²) in [7, 11) is 0. The average molecular weight is 334 g/mol. The summed E-state index contributed by atoms with van der Waals surface area (Å²) >= 11 is 0. The van der Waals surface area contributed by atoms with Crippen molar-refractivity contribution >= 4 is 11.9 Å². The normalized spacial score (nSPS) is 54.7. The Balaban J connectivity index is 1.37. The van der Waals surface area contributed by atoms with Gasteiger partial charge in [-0.25, -0.2) is 0 Å². The molecule has 6 aliphatic rings. The Hall–Kier alpha value is -1.10. The van der Waals surface area contributed by atoms with Gasteiger partial charge in [0.05, 0.1) is 17.4 Å². The highest BCUT2D eigenvalue weighted by molar-refractivity contribution is 5.79. The molecule has 5 atom stereocenters. The molecule has 24 heavy (non-hydrogen) atoms. The predicted octanol–water partition coefficient (Wildman–Crippen LogP) is 2.46. The van der Waals surface area contributed by atoms with Gasteiger partial charge in [0, 0.05) is 0 Å². The van der Waals surface area contributed by atoms with Crippen LogP contribution in [0, 0.1) is 29.1 Å². The lowest BCUT2D eigenvalue weighted by Gasteiger charge is -2.55. The molecule has 6 rings (SSSR count). The first-order chi connectivity index (χ1) is 11.4. The van der Waals surface area contributed by atoms with Crippen LogP contribution in [0.3, 0.4) is 0 Å². The number of esters is 2. The second-order valence-electron chi connectivity index (χ2n) is 9.06. The SMILES string of the molecule is CC1OC2C(C)C(=O)OC1C2OC(=O)C12CC3CC(CC(C3)C1)C2. The van der Waals surface area contributed by atoms with Crippen LogP contribution >= 0.6 is 0 Å². The Labute approximate surface area is 142 Å². The van der Waals surface area contributed by atoms with Gasteiger partial charge in [-0.05, 0) is 70.1 Å². The minimum absolute atomic E-state index is 0.0514. The van der Waals surface area contributed by atoms with Crippen molar-refractivity contribution in [3.05, 3.63) is 0 Å². The molecule has 5 nitrogen and oxygen atoms in total. The van der Waals surface area contributed by atoms with Crippen molar-refractivity contribution in [3.63, 3.8) is 0 Å². The lowest BCUT2D eigenvalue weighted by atomic mass is 9.49. The fraction of sp³-hybridized carbons (Fsp3) is 0.895. The molecule has 2 aliphatic heterocycles. The summed E-state index contributed by atoms with van der Waals surface area (Å²) in [5.41, 5.74) is -0.276. The van der Waals surface area contributed by atoms with Crippen LogP contribution in [-0.4, -0.2) is 36.4 Å². The van der Waals surface area contributed by atoms with Crippen LogP contribution in [0.15, 0.2) is 0 Å². The molecule has 0 aromatic rings. The average Bonchev–Trinajstić information content (AvgIpc) is 2.75. The molecular weight excluding hydrogens is 308 g/mol. The molecule has 4 aliphatic carbocycles. The summed E-state index contributed by atoms with van der Waals surface area (Å²) in [6.07, 6.45) is 5.43. The maximum absolute atomic E-state index is 13.2. The van der Waals surface area contributed by atoms with Crippen molar-refractivity contribution < 1.29 is 23.8 Å². The fourth-order valence-corrected chi connectivity index (χ4v) is 6.54. The summed E-state index contributed by atoms with van der Waals surface area (Å²) in [6, 6.07) is 0. The first kappa shape index (κ1) is 15.2. The Bertz CT molecular complexity index is 549. The van der Waals surface area contributed by atoms with Gasteiger partial charge < -0.3 is 14.2 Å². The van der Waals surface area contributed by atoms with Gasteiger partial charge >= 0.3 is 11.9 Å². The molecule has 0 aromatic heterocycles. The number of hydrogen-bond donors (Lipinski definition) is 0. The highest BCUT2D eigenvalue weighted by atomic mass is 16.7. The van der Waals surface area contributed by atoms with Crippen LogP contribution in [0.5, 0.6) is 0 Å². The second-order valence-corrected chi connectivity index (χ2v) is 9.06. The van der Waals surface area contributed by atoms with E-state index in [4.69, 9.17) is 14.2 Å². The van der Waals surface area contributed by atoms with E-state index in [2.05, 4.69) is 0 Å². The highest BCUT2D eigenvalue weighted by Gasteiger charge is 2.59. The first-order valence-corrected chi connectivity index (χ1v) is 9.52. The lowest BCUT2D eigenvalue weighted by molar-refractivity contribution is -0.196. The van der Waals surface area contributed by atoms with Gasteiger partial charge in [0.2, 0.25) is 0 Å². The number of carbonyl (C=O) groups is 2. The van der Waals surface area contributed by atoms with Gasteiger partial charge in [-0.1, -0.05) is 0 Å². The van der Waals surface area contributed by atoms with E-state index in [0.717, 1.165) is 19.3 Å². The van der Waals surface area contributed by atoms with Crippen LogP contribution in [0.2, 0.25) is 0 Å². The molecule has 0 amide bonds. The van der Waals surface area contributed by atoms with Gasteiger partial charge in [-0.2, -0.15) is 0 Å². The molecule has 5 unspecified atom stereocenters. The van der Waals surface area contributed by atoms with Crippen LogP contribution in [-0.2, 0) is 23.8 Å². The van der Waals surface area contributed by atoms with Crippen LogP contribution in [0.25, 0.3) is 0 Å². The van der Waals surface area contributed by atoms with Gasteiger partial charge in [0.1, 0.15) is 6.10 Å². The molecule has 4 saturated carbocycles. The summed E-state index contributed by atoms with van der Waals surface area (Å²) < 4.78 is 17.4. The largest absolute Gasteiger partial charge is 0.455 e. The molecule has 132 valence electrons. The second kappa shape index (κ2) is 4.96. The van der Waals surface area contributed by atoms with Crippen LogP contribution < -0.4 is 0 Å². The third kappa shape index (κ3) is 2.03. The summed E-state index contributed by atoms with van der Waals surface area (Å²) in [6.45, 7) is 3.69. The maximum atomic E-state index is 13.2. The molecule has 5 heteroatoms. The number of fused-ring (bicyclic) bond motifs is 2. The smallest absolute Gasteiger partial charge is 0.312 e. The third-order valence-corrected chi connectivity index (χ3v) is 7.31. The summed E-state index contributed by atoms with van der Waals surface area (Å²) in [5.74, 6) is 1.46. The van der Waals surface area contributed by atoms with E-state index in [-0.39, 0.29) is 35.5 Å². The molecule has 6 fully saturated rings. The zero-order chi connectivity index (χ0) is 16.6. The van der Waals surface area contributed by atoms with Crippen molar-refractivity contribution in [3.8, 4) is 0 Å². The molecule has 2 saturated heterocycles. The molecule has 2 heterocycles. The first-order valence-electron chi connectivity index (χ1n) is 9.52. The van der Waals surface area contributed by atoms with Crippen molar-refractivity contribution in [2.45, 2.75) is 76.8 Å². The zero-order valence-electron chi connectivity index (χ0n) is 14.4. The quantitative estimate of drug-likeness (QED) is 0.726. The van der Waals surface area contributed by atoms with Crippen molar-refractivity contribution in [1.82, 2.24) is 0 Å². The monoisotopic (exact) mass is 334 g/mol. The van der Waals surface area contributed by atoms with Gasteiger partial charge in [0.15, 0.2) is 12.2 Å². The minimum Gasteiger partial charge on any atom is -0.455 e. The number of carbonyl (C=O) groups excluding carboxylic acids is 2.